The zero-order valence-electron chi connectivity index (χ0n) is 10.0. The number of halogens is 1. The second kappa shape index (κ2) is 5.25. The molecule has 9 heteroatoms. The molecule has 0 aromatic heterocycles. The average molecular weight is 300 g/mol. The average Bonchev–Trinajstić information content (AvgIpc) is 2.41. The van der Waals surface area contributed by atoms with Crippen molar-refractivity contribution in [1.82, 2.24) is 15.8 Å². The first-order valence-corrected chi connectivity index (χ1v) is 5.90. The standard InChI is InChI=1S/C11H10ClN3O5/c12-7-5(1-2-6(16)8(7)17)9(18)14-15-4-3-13-10(19)11(15)20/h1-2,16-17H,3-4H2,(H,13,19)(H,14,18). The molecule has 1 aliphatic heterocycles. The van der Waals surface area contributed by atoms with E-state index >= 15 is 0 Å². The Hall–Kier alpha value is -2.48. The molecule has 2 rings (SSSR count). The van der Waals surface area contributed by atoms with Gasteiger partial charge in [0.2, 0.25) is 0 Å². The number of phenolic OH excluding ortho intramolecular Hbond substituents is 2. The lowest BCUT2D eigenvalue weighted by molar-refractivity contribution is -0.149. The third-order valence-electron chi connectivity index (χ3n) is 2.64. The van der Waals surface area contributed by atoms with Crippen molar-refractivity contribution in [2.45, 2.75) is 0 Å². The number of amides is 3. The molecule has 1 fully saturated rings. The Labute approximate surface area is 117 Å². The summed E-state index contributed by atoms with van der Waals surface area (Å²) < 4.78 is 0. The Kier molecular flexibility index (Phi) is 3.66. The first-order valence-electron chi connectivity index (χ1n) is 5.53. The Morgan fingerprint density at radius 2 is 2.05 bits per heavy atom. The van der Waals surface area contributed by atoms with Crippen LogP contribution in [0, 0.1) is 0 Å². The summed E-state index contributed by atoms with van der Waals surface area (Å²) in [5.41, 5.74) is 2.07. The van der Waals surface area contributed by atoms with Crippen LogP contribution in [0.15, 0.2) is 12.1 Å². The van der Waals surface area contributed by atoms with Gasteiger partial charge >= 0.3 is 11.8 Å². The normalized spacial score (nSPS) is 14.9. The second-order valence-corrected chi connectivity index (χ2v) is 4.33. The molecule has 8 nitrogen and oxygen atoms in total. The molecule has 0 saturated carbocycles. The number of carbonyl (C=O) groups is 3. The highest BCUT2D eigenvalue weighted by atomic mass is 35.5. The highest BCUT2D eigenvalue weighted by Crippen LogP contribution is 2.35. The highest BCUT2D eigenvalue weighted by Gasteiger charge is 2.28. The Morgan fingerprint density at radius 1 is 1.35 bits per heavy atom. The van der Waals surface area contributed by atoms with E-state index in [0.717, 1.165) is 11.1 Å². The van der Waals surface area contributed by atoms with Crippen molar-refractivity contribution < 1.29 is 24.6 Å². The quantitative estimate of drug-likeness (QED) is 0.427. The molecule has 0 spiro atoms. The number of piperazine rings is 1. The van der Waals surface area contributed by atoms with Crippen LogP contribution in [0.4, 0.5) is 0 Å². The summed E-state index contributed by atoms with van der Waals surface area (Å²) in [6, 6.07) is 2.27. The van der Waals surface area contributed by atoms with Gasteiger partial charge in [-0.25, -0.2) is 5.01 Å². The lowest BCUT2D eigenvalue weighted by atomic mass is 10.2. The van der Waals surface area contributed by atoms with E-state index in [1.807, 2.05) is 0 Å². The number of aromatic hydroxyl groups is 2. The molecule has 4 N–H and O–H groups in total. The maximum absolute atomic E-state index is 11.9. The molecule has 1 aliphatic rings. The van der Waals surface area contributed by atoms with Crippen molar-refractivity contribution in [2.75, 3.05) is 13.1 Å². The van der Waals surface area contributed by atoms with Gasteiger partial charge in [-0.3, -0.25) is 19.8 Å². The van der Waals surface area contributed by atoms with Crippen LogP contribution in [-0.4, -0.2) is 46.0 Å². The molecule has 0 bridgehead atoms. The van der Waals surface area contributed by atoms with Gasteiger partial charge in [-0.2, -0.15) is 0 Å². The van der Waals surface area contributed by atoms with Gasteiger partial charge in [0.05, 0.1) is 17.1 Å². The highest BCUT2D eigenvalue weighted by molar-refractivity contribution is 6.36. The number of benzene rings is 1. The monoisotopic (exact) mass is 299 g/mol. The summed E-state index contributed by atoms with van der Waals surface area (Å²) >= 11 is 5.72. The molecule has 1 aromatic carbocycles. The van der Waals surface area contributed by atoms with Gasteiger partial charge in [0.1, 0.15) is 0 Å². The minimum Gasteiger partial charge on any atom is -0.504 e. The number of hydrogen-bond acceptors (Lipinski definition) is 5. The van der Waals surface area contributed by atoms with Gasteiger partial charge in [-0.05, 0) is 12.1 Å². The van der Waals surface area contributed by atoms with Crippen molar-refractivity contribution in [3.8, 4) is 11.5 Å². The van der Waals surface area contributed by atoms with Gasteiger partial charge in [0.15, 0.2) is 11.5 Å². The molecular weight excluding hydrogens is 290 g/mol. The summed E-state index contributed by atoms with van der Waals surface area (Å²) in [6.45, 7) is 0.317. The summed E-state index contributed by atoms with van der Waals surface area (Å²) in [4.78, 5) is 34.5. The van der Waals surface area contributed by atoms with E-state index in [0.29, 0.717) is 0 Å². The molecule has 1 saturated heterocycles. The number of hydrazine groups is 1. The first-order chi connectivity index (χ1) is 9.41. The summed E-state index contributed by atoms with van der Waals surface area (Å²) in [5.74, 6) is -3.62. The van der Waals surface area contributed by atoms with Crippen LogP contribution in [0.3, 0.4) is 0 Å². The number of nitrogens with zero attached hydrogens (tertiary/aromatic N) is 1. The van der Waals surface area contributed by atoms with E-state index < -0.39 is 29.2 Å². The van der Waals surface area contributed by atoms with E-state index in [4.69, 9.17) is 11.6 Å². The minimum absolute atomic E-state index is 0.109. The molecule has 1 heterocycles. The van der Waals surface area contributed by atoms with Crippen LogP contribution in [0.25, 0.3) is 0 Å². The van der Waals surface area contributed by atoms with Gasteiger partial charge in [-0.15, -0.1) is 0 Å². The molecule has 3 amide bonds. The predicted octanol–water partition coefficient (Wildman–Crippen LogP) is -0.646. The zero-order chi connectivity index (χ0) is 14.9. The third kappa shape index (κ3) is 2.45. The smallest absolute Gasteiger partial charge is 0.330 e. The van der Waals surface area contributed by atoms with Crippen LogP contribution < -0.4 is 10.7 Å². The molecule has 0 atom stereocenters. The molecular formula is C11H10ClN3O5. The molecule has 0 unspecified atom stereocenters. The fraction of sp³-hybridized carbons (Fsp3) is 0.182. The summed E-state index contributed by atoms with van der Waals surface area (Å²) in [6.07, 6.45) is 0. The van der Waals surface area contributed by atoms with Crippen molar-refractivity contribution in [3.63, 3.8) is 0 Å². The molecule has 0 aliphatic carbocycles. The van der Waals surface area contributed by atoms with E-state index in [-0.39, 0.29) is 23.7 Å². The predicted molar refractivity (Wildman–Crippen MR) is 67.0 cm³/mol. The topological polar surface area (TPSA) is 119 Å². The number of carbonyl (C=O) groups excluding carboxylic acids is 3. The largest absolute Gasteiger partial charge is 0.504 e. The van der Waals surface area contributed by atoms with E-state index in [1.54, 1.807) is 0 Å². The lowest BCUT2D eigenvalue weighted by Gasteiger charge is -2.26. The molecule has 0 radical (unpaired) electrons. The van der Waals surface area contributed by atoms with Crippen LogP contribution in [0.2, 0.25) is 5.02 Å². The Balaban J connectivity index is 2.18. The van der Waals surface area contributed by atoms with Crippen molar-refractivity contribution >= 4 is 29.3 Å². The summed E-state index contributed by atoms with van der Waals surface area (Å²) in [5, 5.41) is 21.5. The number of rotatable bonds is 2. The molecule has 1 aromatic rings. The van der Waals surface area contributed by atoms with Gasteiger partial charge < -0.3 is 15.5 Å². The lowest BCUT2D eigenvalue weighted by Crippen LogP contribution is -2.58. The first kappa shape index (κ1) is 13.9. The minimum atomic E-state index is -0.899. The van der Waals surface area contributed by atoms with E-state index in [1.165, 1.54) is 6.07 Å². The fourth-order valence-electron chi connectivity index (χ4n) is 1.60. The van der Waals surface area contributed by atoms with Crippen LogP contribution in [-0.2, 0) is 9.59 Å². The maximum atomic E-state index is 11.9. The Morgan fingerprint density at radius 3 is 2.75 bits per heavy atom. The number of hydrogen-bond donors (Lipinski definition) is 4. The van der Waals surface area contributed by atoms with E-state index in [2.05, 4.69) is 10.7 Å². The van der Waals surface area contributed by atoms with Crippen molar-refractivity contribution in [3.05, 3.63) is 22.7 Å². The van der Waals surface area contributed by atoms with Crippen LogP contribution in [0.5, 0.6) is 11.5 Å². The van der Waals surface area contributed by atoms with Gasteiger partial charge in [-0.1, -0.05) is 11.6 Å². The van der Waals surface area contributed by atoms with Gasteiger partial charge in [0.25, 0.3) is 5.91 Å². The zero-order valence-corrected chi connectivity index (χ0v) is 10.8. The van der Waals surface area contributed by atoms with Crippen LogP contribution >= 0.6 is 11.6 Å². The number of phenols is 2. The molecule has 20 heavy (non-hydrogen) atoms. The van der Waals surface area contributed by atoms with Crippen molar-refractivity contribution in [2.24, 2.45) is 0 Å². The van der Waals surface area contributed by atoms with Crippen LogP contribution in [0.1, 0.15) is 10.4 Å². The second-order valence-electron chi connectivity index (χ2n) is 3.95. The Bertz CT molecular complexity index is 604. The number of nitrogens with one attached hydrogen (secondary N) is 2. The molecule has 106 valence electrons. The maximum Gasteiger partial charge on any atom is 0.330 e. The van der Waals surface area contributed by atoms with Gasteiger partial charge in [0, 0.05) is 6.54 Å². The van der Waals surface area contributed by atoms with Crippen molar-refractivity contribution in [1.29, 1.82) is 0 Å². The van der Waals surface area contributed by atoms with E-state index in [9.17, 15) is 24.6 Å². The fourth-order valence-corrected chi connectivity index (χ4v) is 1.85. The SMILES string of the molecule is O=C1NCCN(NC(=O)c2ccc(O)c(O)c2Cl)C1=O. The summed E-state index contributed by atoms with van der Waals surface area (Å²) in [7, 11) is 0. The third-order valence-corrected chi connectivity index (χ3v) is 3.02.